The molecule has 0 radical (unpaired) electrons. The number of amides is 1. The quantitative estimate of drug-likeness (QED) is 0.903. The van der Waals surface area contributed by atoms with Crippen LogP contribution < -0.4 is 5.32 Å². The third-order valence-electron chi connectivity index (χ3n) is 3.83. The van der Waals surface area contributed by atoms with Crippen molar-refractivity contribution in [3.63, 3.8) is 0 Å². The first-order valence-corrected chi connectivity index (χ1v) is 8.25. The number of rotatable bonds is 4. The summed E-state index contributed by atoms with van der Waals surface area (Å²) in [5, 5.41) is 11.9. The SMILES string of the molecule is O=C(O)c1ccc(C(=O)NC2CCOC(c3ccccc3)C2)s1. The van der Waals surface area contributed by atoms with Crippen molar-refractivity contribution >= 4 is 23.2 Å². The van der Waals surface area contributed by atoms with E-state index in [9.17, 15) is 9.59 Å². The summed E-state index contributed by atoms with van der Waals surface area (Å²) in [6.07, 6.45) is 1.45. The van der Waals surface area contributed by atoms with Gasteiger partial charge < -0.3 is 15.2 Å². The first kappa shape index (κ1) is 15.7. The second kappa shape index (κ2) is 6.93. The second-order valence-corrected chi connectivity index (χ2v) is 6.52. The average molecular weight is 331 g/mol. The standard InChI is InChI=1S/C17H17NO4S/c19-16(14-6-7-15(23-14)17(20)21)18-12-8-9-22-13(10-12)11-4-2-1-3-5-11/h1-7,12-13H,8-10H2,(H,18,19)(H,20,21). The van der Waals surface area contributed by atoms with Crippen molar-refractivity contribution in [1.29, 1.82) is 0 Å². The molecule has 0 spiro atoms. The van der Waals surface area contributed by atoms with E-state index in [1.807, 2.05) is 30.3 Å². The maximum absolute atomic E-state index is 12.3. The summed E-state index contributed by atoms with van der Waals surface area (Å²) in [4.78, 5) is 23.7. The molecule has 3 rings (SSSR count). The zero-order valence-electron chi connectivity index (χ0n) is 12.4. The van der Waals surface area contributed by atoms with Gasteiger partial charge in [-0.3, -0.25) is 4.79 Å². The molecule has 6 heteroatoms. The van der Waals surface area contributed by atoms with Crippen LogP contribution in [0, 0.1) is 0 Å². The maximum atomic E-state index is 12.3. The van der Waals surface area contributed by atoms with Gasteiger partial charge in [-0.1, -0.05) is 30.3 Å². The van der Waals surface area contributed by atoms with Crippen molar-refractivity contribution in [2.45, 2.75) is 25.0 Å². The van der Waals surface area contributed by atoms with Gasteiger partial charge in [0.15, 0.2) is 0 Å². The number of hydrogen-bond donors (Lipinski definition) is 2. The molecule has 1 saturated heterocycles. The summed E-state index contributed by atoms with van der Waals surface area (Å²) in [7, 11) is 0. The fraction of sp³-hybridized carbons (Fsp3) is 0.294. The molecule has 5 nitrogen and oxygen atoms in total. The lowest BCUT2D eigenvalue weighted by Gasteiger charge is -2.30. The Bertz CT molecular complexity index is 698. The van der Waals surface area contributed by atoms with Crippen LogP contribution >= 0.6 is 11.3 Å². The van der Waals surface area contributed by atoms with Crippen molar-refractivity contribution in [3.05, 3.63) is 57.8 Å². The van der Waals surface area contributed by atoms with E-state index in [2.05, 4.69) is 5.32 Å². The third kappa shape index (κ3) is 3.78. The zero-order valence-corrected chi connectivity index (χ0v) is 13.2. The van der Waals surface area contributed by atoms with Crippen LogP contribution in [0.2, 0.25) is 0 Å². The van der Waals surface area contributed by atoms with Gasteiger partial charge in [0, 0.05) is 12.6 Å². The van der Waals surface area contributed by atoms with Crippen LogP contribution in [0.15, 0.2) is 42.5 Å². The van der Waals surface area contributed by atoms with E-state index in [1.165, 1.54) is 6.07 Å². The van der Waals surface area contributed by atoms with Crippen molar-refractivity contribution in [3.8, 4) is 0 Å². The number of aromatic carboxylic acids is 1. The Morgan fingerprint density at radius 3 is 2.57 bits per heavy atom. The number of ether oxygens (including phenoxy) is 1. The summed E-state index contributed by atoms with van der Waals surface area (Å²) >= 11 is 0.992. The van der Waals surface area contributed by atoms with Crippen LogP contribution in [0.25, 0.3) is 0 Å². The fourth-order valence-corrected chi connectivity index (χ4v) is 3.41. The lowest BCUT2D eigenvalue weighted by atomic mass is 9.97. The third-order valence-corrected chi connectivity index (χ3v) is 4.90. The molecule has 2 unspecified atom stereocenters. The van der Waals surface area contributed by atoms with E-state index in [4.69, 9.17) is 9.84 Å². The predicted octanol–water partition coefficient (Wildman–Crippen LogP) is 3.10. The summed E-state index contributed by atoms with van der Waals surface area (Å²) < 4.78 is 5.79. The molecule has 2 aromatic rings. The second-order valence-electron chi connectivity index (χ2n) is 5.43. The lowest BCUT2D eigenvalue weighted by Crippen LogP contribution is -2.39. The molecular weight excluding hydrogens is 314 g/mol. The molecule has 0 bridgehead atoms. The monoisotopic (exact) mass is 331 g/mol. The van der Waals surface area contributed by atoms with Crippen molar-refractivity contribution < 1.29 is 19.4 Å². The normalized spacial score (nSPS) is 20.9. The molecule has 2 heterocycles. The molecule has 0 saturated carbocycles. The van der Waals surface area contributed by atoms with E-state index in [1.54, 1.807) is 6.07 Å². The Morgan fingerprint density at radius 1 is 1.13 bits per heavy atom. The van der Waals surface area contributed by atoms with Gasteiger partial charge in [-0.25, -0.2) is 4.79 Å². The number of nitrogens with one attached hydrogen (secondary N) is 1. The minimum absolute atomic E-state index is 0.0202. The van der Waals surface area contributed by atoms with E-state index in [0.29, 0.717) is 17.9 Å². The smallest absolute Gasteiger partial charge is 0.345 e. The number of carbonyl (C=O) groups excluding carboxylic acids is 1. The zero-order chi connectivity index (χ0) is 16.2. The summed E-state index contributed by atoms with van der Waals surface area (Å²) in [6, 6.07) is 13.0. The highest BCUT2D eigenvalue weighted by Crippen LogP contribution is 2.28. The molecular formula is C17H17NO4S. The minimum Gasteiger partial charge on any atom is -0.477 e. The van der Waals surface area contributed by atoms with E-state index in [-0.39, 0.29) is 22.9 Å². The number of hydrogen-bond acceptors (Lipinski definition) is 4. The Hall–Kier alpha value is -2.18. The number of thiophene rings is 1. The number of benzene rings is 1. The van der Waals surface area contributed by atoms with Gasteiger partial charge >= 0.3 is 5.97 Å². The molecule has 1 fully saturated rings. The van der Waals surface area contributed by atoms with Gasteiger partial charge in [-0.2, -0.15) is 0 Å². The molecule has 1 aromatic carbocycles. The topological polar surface area (TPSA) is 75.6 Å². The average Bonchev–Trinajstić information content (AvgIpc) is 3.06. The van der Waals surface area contributed by atoms with Gasteiger partial charge in [0.05, 0.1) is 11.0 Å². The predicted molar refractivity (Wildman–Crippen MR) is 86.9 cm³/mol. The fourth-order valence-electron chi connectivity index (χ4n) is 2.66. The summed E-state index contributed by atoms with van der Waals surface area (Å²) in [5.74, 6) is -1.23. The highest BCUT2D eigenvalue weighted by Gasteiger charge is 2.25. The Kier molecular flexibility index (Phi) is 4.73. The molecule has 1 amide bonds. The van der Waals surface area contributed by atoms with Crippen LogP contribution in [0.3, 0.4) is 0 Å². The van der Waals surface area contributed by atoms with Crippen LogP contribution in [0.5, 0.6) is 0 Å². The molecule has 1 aliphatic rings. The highest BCUT2D eigenvalue weighted by atomic mass is 32.1. The van der Waals surface area contributed by atoms with Crippen LogP contribution in [0.1, 0.15) is 43.9 Å². The van der Waals surface area contributed by atoms with Gasteiger partial charge in [-0.15, -0.1) is 11.3 Å². The number of carboxylic acid groups (broad SMARTS) is 1. The lowest BCUT2D eigenvalue weighted by molar-refractivity contribution is 0.000934. The van der Waals surface area contributed by atoms with Crippen LogP contribution in [-0.4, -0.2) is 29.6 Å². The number of carboxylic acids is 1. The molecule has 1 aromatic heterocycles. The Labute approximate surface area is 137 Å². The van der Waals surface area contributed by atoms with Gasteiger partial charge in [0.2, 0.25) is 0 Å². The largest absolute Gasteiger partial charge is 0.477 e. The van der Waals surface area contributed by atoms with Crippen LogP contribution in [0.4, 0.5) is 0 Å². The van der Waals surface area contributed by atoms with Crippen molar-refractivity contribution in [1.82, 2.24) is 5.32 Å². The maximum Gasteiger partial charge on any atom is 0.345 e. The summed E-state index contributed by atoms with van der Waals surface area (Å²) in [5.41, 5.74) is 1.11. The first-order valence-electron chi connectivity index (χ1n) is 7.44. The van der Waals surface area contributed by atoms with Gasteiger partial charge in [0.25, 0.3) is 5.91 Å². The van der Waals surface area contributed by atoms with Gasteiger partial charge in [0.1, 0.15) is 4.88 Å². The number of carbonyl (C=O) groups is 2. The van der Waals surface area contributed by atoms with Crippen molar-refractivity contribution in [2.24, 2.45) is 0 Å². The first-order chi connectivity index (χ1) is 11.1. The van der Waals surface area contributed by atoms with Gasteiger partial charge in [-0.05, 0) is 30.5 Å². The van der Waals surface area contributed by atoms with E-state index in [0.717, 1.165) is 23.3 Å². The Morgan fingerprint density at radius 2 is 1.87 bits per heavy atom. The Balaban J connectivity index is 1.63. The molecule has 2 N–H and O–H groups in total. The summed E-state index contributed by atoms with van der Waals surface area (Å²) in [6.45, 7) is 0.593. The molecule has 0 aliphatic carbocycles. The van der Waals surface area contributed by atoms with E-state index < -0.39 is 5.97 Å². The minimum atomic E-state index is -1.01. The van der Waals surface area contributed by atoms with E-state index >= 15 is 0 Å². The highest BCUT2D eigenvalue weighted by molar-refractivity contribution is 7.15. The molecule has 23 heavy (non-hydrogen) atoms. The molecule has 120 valence electrons. The molecule has 2 atom stereocenters. The van der Waals surface area contributed by atoms with Crippen molar-refractivity contribution in [2.75, 3.05) is 6.61 Å². The van der Waals surface area contributed by atoms with Crippen LogP contribution in [-0.2, 0) is 4.74 Å². The molecule has 1 aliphatic heterocycles.